The molecule has 0 aliphatic carbocycles. The summed E-state index contributed by atoms with van der Waals surface area (Å²) in [6.07, 6.45) is 0. The van der Waals surface area contributed by atoms with Crippen LogP contribution in [-0.4, -0.2) is 29.9 Å². The highest BCUT2D eigenvalue weighted by Gasteiger charge is 2.22. The summed E-state index contributed by atoms with van der Waals surface area (Å²) in [4.78, 5) is 13.1. The molecule has 0 spiro atoms. The third-order valence-electron chi connectivity index (χ3n) is 5.03. The molecule has 0 aliphatic heterocycles. The molecule has 2 aromatic carbocycles. The molecule has 29 heavy (non-hydrogen) atoms. The van der Waals surface area contributed by atoms with Crippen molar-refractivity contribution in [3.63, 3.8) is 0 Å². The van der Waals surface area contributed by atoms with Gasteiger partial charge in [0.1, 0.15) is 11.5 Å². The Bertz CT molecular complexity index is 996. The summed E-state index contributed by atoms with van der Waals surface area (Å²) in [7, 11) is 3.23. The van der Waals surface area contributed by atoms with Gasteiger partial charge in [-0.25, -0.2) is 0 Å². The number of hydrogen-bond acceptors (Lipinski definition) is 4. The highest BCUT2D eigenvalue weighted by Crippen LogP contribution is 2.29. The summed E-state index contributed by atoms with van der Waals surface area (Å²) >= 11 is 0. The number of aromatic nitrogens is 2. The molecule has 152 valence electrons. The molecular weight excluding hydrogens is 366 g/mol. The maximum absolute atomic E-state index is 13.1. The average Bonchev–Trinajstić information content (AvgIpc) is 3.01. The molecule has 1 unspecified atom stereocenters. The molecule has 6 nitrogen and oxygen atoms in total. The first-order valence-electron chi connectivity index (χ1n) is 9.55. The van der Waals surface area contributed by atoms with Crippen LogP contribution in [0.15, 0.2) is 48.5 Å². The minimum Gasteiger partial charge on any atom is -0.497 e. The van der Waals surface area contributed by atoms with E-state index < -0.39 is 0 Å². The smallest absolute Gasteiger partial charge is 0.255 e. The number of ether oxygens (including phenoxy) is 2. The molecule has 0 saturated carbocycles. The van der Waals surface area contributed by atoms with Gasteiger partial charge in [-0.3, -0.25) is 9.48 Å². The van der Waals surface area contributed by atoms with Crippen molar-refractivity contribution in [2.24, 2.45) is 0 Å². The zero-order valence-electron chi connectivity index (χ0n) is 17.5. The highest BCUT2D eigenvalue weighted by atomic mass is 16.5. The normalized spacial score (nSPS) is 11.8. The van der Waals surface area contributed by atoms with Gasteiger partial charge in [0, 0.05) is 11.3 Å². The minimum atomic E-state index is -0.260. The lowest BCUT2D eigenvalue weighted by molar-refractivity contribution is 0.0938. The molecule has 1 aromatic heterocycles. The van der Waals surface area contributed by atoms with Crippen LogP contribution in [-0.2, 0) is 6.54 Å². The van der Waals surface area contributed by atoms with E-state index in [1.165, 1.54) is 0 Å². The van der Waals surface area contributed by atoms with Crippen LogP contribution in [0.4, 0.5) is 0 Å². The second-order valence-electron chi connectivity index (χ2n) is 6.99. The molecular formula is C23H27N3O3. The monoisotopic (exact) mass is 393 g/mol. The number of benzene rings is 2. The summed E-state index contributed by atoms with van der Waals surface area (Å²) in [5.74, 6) is 1.26. The van der Waals surface area contributed by atoms with Gasteiger partial charge in [-0.05, 0) is 44.5 Å². The number of amides is 1. The van der Waals surface area contributed by atoms with E-state index >= 15 is 0 Å². The van der Waals surface area contributed by atoms with E-state index in [1.807, 2.05) is 74.0 Å². The third kappa shape index (κ3) is 4.42. The largest absolute Gasteiger partial charge is 0.497 e. The van der Waals surface area contributed by atoms with Gasteiger partial charge >= 0.3 is 0 Å². The number of nitrogens with zero attached hydrogens (tertiary/aromatic N) is 2. The van der Waals surface area contributed by atoms with Gasteiger partial charge in [0.2, 0.25) is 0 Å². The molecule has 1 N–H and O–H groups in total. The van der Waals surface area contributed by atoms with Gasteiger partial charge < -0.3 is 14.8 Å². The standard InChI is InChI=1S/C23H27N3O3/c1-15(20-13-19(28-4)11-12-21(20)29-5)24-23(27)22-16(2)25-26(17(22)3)14-18-9-7-6-8-10-18/h6-13,15H,14H2,1-5H3,(H,24,27). The van der Waals surface area contributed by atoms with Crippen molar-refractivity contribution in [1.82, 2.24) is 15.1 Å². The minimum absolute atomic E-state index is 0.156. The van der Waals surface area contributed by atoms with Crippen molar-refractivity contribution in [2.75, 3.05) is 14.2 Å². The van der Waals surface area contributed by atoms with E-state index in [2.05, 4.69) is 10.4 Å². The SMILES string of the molecule is COc1ccc(OC)c(C(C)NC(=O)c2c(C)nn(Cc3ccccc3)c2C)c1. The van der Waals surface area contributed by atoms with Gasteiger partial charge in [-0.15, -0.1) is 0 Å². The predicted octanol–water partition coefficient (Wildman–Crippen LogP) is 4.06. The fourth-order valence-electron chi connectivity index (χ4n) is 3.46. The lowest BCUT2D eigenvalue weighted by Gasteiger charge is -2.18. The van der Waals surface area contributed by atoms with Crippen LogP contribution in [0.2, 0.25) is 0 Å². The van der Waals surface area contributed by atoms with Crippen LogP contribution in [0.3, 0.4) is 0 Å². The quantitative estimate of drug-likeness (QED) is 0.658. The molecule has 1 heterocycles. The van der Waals surface area contributed by atoms with Crippen molar-refractivity contribution in [3.8, 4) is 11.5 Å². The summed E-state index contributed by atoms with van der Waals surface area (Å²) in [5.41, 5.74) is 4.15. The molecule has 0 fully saturated rings. The van der Waals surface area contributed by atoms with Crippen LogP contribution in [0.1, 0.15) is 45.8 Å². The van der Waals surface area contributed by atoms with Gasteiger partial charge in [0.15, 0.2) is 0 Å². The van der Waals surface area contributed by atoms with E-state index in [4.69, 9.17) is 9.47 Å². The lowest BCUT2D eigenvalue weighted by atomic mass is 10.1. The molecule has 1 amide bonds. The Morgan fingerprint density at radius 1 is 1.10 bits per heavy atom. The molecule has 0 bridgehead atoms. The number of aryl methyl sites for hydroxylation is 1. The summed E-state index contributed by atoms with van der Waals surface area (Å²) in [6.45, 7) is 6.34. The number of carbonyl (C=O) groups excluding carboxylic acids is 1. The average molecular weight is 393 g/mol. The Hall–Kier alpha value is -3.28. The second-order valence-corrected chi connectivity index (χ2v) is 6.99. The molecule has 0 saturated heterocycles. The fraction of sp³-hybridized carbons (Fsp3) is 0.304. The van der Waals surface area contributed by atoms with Crippen molar-refractivity contribution >= 4 is 5.91 Å². The van der Waals surface area contributed by atoms with E-state index in [9.17, 15) is 4.79 Å². The summed E-state index contributed by atoms with van der Waals surface area (Å²) in [5, 5.41) is 7.65. The Morgan fingerprint density at radius 2 is 1.83 bits per heavy atom. The number of carbonyl (C=O) groups is 1. The van der Waals surface area contributed by atoms with Crippen molar-refractivity contribution < 1.29 is 14.3 Å². The number of rotatable bonds is 7. The lowest BCUT2D eigenvalue weighted by Crippen LogP contribution is -2.28. The third-order valence-corrected chi connectivity index (χ3v) is 5.03. The van der Waals surface area contributed by atoms with Gasteiger partial charge in [0.05, 0.1) is 38.1 Å². The zero-order chi connectivity index (χ0) is 21.0. The van der Waals surface area contributed by atoms with Gasteiger partial charge in [-0.2, -0.15) is 5.10 Å². The van der Waals surface area contributed by atoms with Crippen LogP contribution in [0.25, 0.3) is 0 Å². The van der Waals surface area contributed by atoms with E-state index in [-0.39, 0.29) is 11.9 Å². The van der Waals surface area contributed by atoms with Crippen molar-refractivity contribution in [3.05, 3.63) is 76.6 Å². The first-order valence-corrected chi connectivity index (χ1v) is 9.55. The van der Waals surface area contributed by atoms with Crippen LogP contribution >= 0.6 is 0 Å². The van der Waals surface area contributed by atoms with Crippen molar-refractivity contribution in [1.29, 1.82) is 0 Å². The fourth-order valence-corrected chi connectivity index (χ4v) is 3.46. The van der Waals surface area contributed by atoms with Gasteiger partial charge in [0.25, 0.3) is 5.91 Å². The predicted molar refractivity (Wildman–Crippen MR) is 113 cm³/mol. The first-order chi connectivity index (χ1) is 13.9. The maximum Gasteiger partial charge on any atom is 0.255 e. The van der Waals surface area contributed by atoms with E-state index in [0.717, 1.165) is 16.8 Å². The second kappa shape index (κ2) is 8.82. The Balaban J connectivity index is 1.82. The summed E-state index contributed by atoms with van der Waals surface area (Å²) in [6, 6.07) is 15.4. The highest BCUT2D eigenvalue weighted by molar-refractivity contribution is 5.96. The van der Waals surface area contributed by atoms with E-state index in [0.29, 0.717) is 29.3 Å². The number of methoxy groups -OCH3 is 2. The molecule has 3 rings (SSSR count). The Kier molecular flexibility index (Phi) is 6.22. The molecule has 0 radical (unpaired) electrons. The topological polar surface area (TPSA) is 65.4 Å². The molecule has 0 aliphatic rings. The van der Waals surface area contributed by atoms with E-state index in [1.54, 1.807) is 14.2 Å². The van der Waals surface area contributed by atoms with Gasteiger partial charge in [-0.1, -0.05) is 30.3 Å². The Labute approximate surface area is 171 Å². The van der Waals surface area contributed by atoms with Crippen molar-refractivity contribution in [2.45, 2.75) is 33.4 Å². The summed E-state index contributed by atoms with van der Waals surface area (Å²) < 4.78 is 12.6. The maximum atomic E-state index is 13.1. The molecule has 1 atom stereocenters. The van der Waals surface area contributed by atoms with Crippen LogP contribution in [0, 0.1) is 13.8 Å². The number of nitrogens with one attached hydrogen (secondary N) is 1. The molecule has 6 heteroatoms. The first kappa shape index (κ1) is 20.5. The Morgan fingerprint density at radius 3 is 2.48 bits per heavy atom. The zero-order valence-corrected chi connectivity index (χ0v) is 17.5. The van der Waals surface area contributed by atoms with Crippen LogP contribution < -0.4 is 14.8 Å². The van der Waals surface area contributed by atoms with Crippen LogP contribution in [0.5, 0.6) is 11.5 Å². The molecule has 3 aromatic rings. The number of hydrogen-bond donors (Lipinski definition) is 1.